The van der Waals surface area contributed by atoms with Crippen LogP contribution in [0.4, 0.5) is 0 Å². The lowest BCUT2D eigenvalue weighted by Gasteiger charge is -2.28. The molecule has 3 heteroatoms. The minimum atomic E-state index is 0.0781. The van der Waals surface area contributed by atoms with E-state index in [-0.39, 0.29) is 5.41 Å². The molecule has 0 fully saturated rings. The number of para-hydroxylation sites is 1. The molecule has 0 bridgehead atoms. The van der Waals surface area contributed by atoms with Gasteiger partial charge in [0.05, 0.1) is 5.69 Å². The fraction of sp³-hybridized carbons (Fsp3) is 0.438. The molecule has 1 aromatic carbocycles. The van der Waals surface area contributed by atoms with Crippen molar-refractivity contribution >= 4 is 0 Å². The SMILES string of the molecule is CNC(C)CC(C)(C)c1ccnn1-c1ccccc1. The van der Waals surface area contributed by atoms with E-state index in [0.29, 0.717) is 6.04 Å². The first kappa shape index (κ1) is 13.8. The first-order valence-corrected chi connectivity index (χ1v) is 6.82. The molecule has 1 N–H and O–H groups in total. The van der Waals surface area contributed by atoms with Gasteiger partial charge >= 0.3 is 0 Å². The Hall–Kier alpha value is -1.61. The van der Waals surface area contributed by atoms with Crippen molar-refractivity contribution < 1.29 is 0 Å². The standard InChI is InChI=1S/C16H23N3/c1-13(17-4)12-16(2,3)15-10-11-18-19(15)14-8-6-5-7-9-14/h5-11,13,17H,12H2,1-4H3. The number of nitrogens with zero attached hydrogens (tertiary/aromatic N) is 2. The molecule has 0 aliphatic carbocycles. The van der Waals surface area contributed by atoms with Gasteiger partial charge in [0.2, 0.25) is 0 Å². The number of benzene rings is 1. The van der Waals surface area contributed by atoms with Gasteiger partial charge in [0.15, 0.2) is 0 Å². The molecule has 0 aliphatic rings. The highest BCUT2D eigenvalue weighted by atomic mass is 15.3. The second-order valence-corrected chi connectivity index (χ2v) is 5.74. The van der Waals surface area contributed by atoms with Crippen LogP contribution in [-0.2, 0) is 5.41 Å². The third-order valence-electron chi connectivity index (χ3n) is 3.65. The van der Waals surface area contributed by atoms with Crippen molar-refractivity contribution in [3.8, 4) is 5.69 Å². The summed E-state index contributed by atoms with van der Waals surface area (Å²) in [5, 5.41) is 7.79. The molecule has 1 unspecified atom stereocenters. The first-order valence-electron chi connectivity index (χ1n) is 6.82. The summed E-state index contributed by atoms with van der Waals surface area (Å²) in [6, 6.07) is 12.9. The van der Waals surface area contributed by atoms with Gasteiger partial charge in [-0.1, -0.05) is 32.0 Å². The summed E-state index contributed by atoms with van der Waals surface area (Å²) in [5.74, 6) is 0. The summed E-state index contributed by atoms with van der Waals surface area (Å²) < 4.78 is 2.04. The van der Waals surface area contributed by atoms with Crippen LogP contribution in [0.5, 0.6) is 0 Å². The van der Waals surface area contributed by atoms with Gasteiger partial charge in [0.25, 0.3) is 0 Å². The van der Waals surface area contributed by atoms with Crippen molar-refractivity contribution in [3.63, 3.8) is 0 Å². The molecule has 0 spiro atoms. The van der Waals surface area contributed by atoms with Crippen molar-refractivity contribution in [1.82, 2.24) is 15.1 Å². The average molecular weight is 257 g/mol. The Kier molecular flexibility index (Phi) is 4.05. The Morgan fingerprint density at radius 3 is 2.53 bits per heavy atom. The van der Waals surface area contributed by atoms with Crippen molar-refractivity contribution in [2.75, 3.05) is 7.05 Å². The molecular weight excluding hydrogens is 234 g/mol. The largest absolute Gasteiger partial charge is 0.317 e. The molecule has 0 aliphatic heterocycles. The number of hydrogen-bond acceptors (Lipinski definition) is 2. The molecule has 102 valence electrons. The molecule has 0 amide bonds. The maximum absolute atomic E-state index is 4.48. The van der Waals surface area contributed by atoms with Crippen LogP contribution in [0.25, 0.3) is 5.69 Å². The van der Waals surface area contributed by atoms with Gasteiger partial charge in [0.1, 0.15) is 0 Å². The molecule has 3 nitrogen and oxygen atoms in total. The van der Waals surface area contributed by atoms with Crippen LogP contribution in [0.2, 0.25) is 0 Å². The fourth-order valence-corrected chi connectivity index (χ4v) is 2.56. The van der Waals surface area contributed by atoms with E-state index in [4.69, 9.17) is 0 Å². The van der Waals surface area contributed by atoms with Gasteiger partial charge in [-0.05, 0) is 38.6 Å². The third-order valence-corrected chi connectivity index (χ3v) is 3.65. The van der Waals surface area contributed by atoms with Crippen LogP contribution < -0.4 is 5.32 Å². The Morgan fingerprint density at radius 1 is 1.21 bits per heavy atom. The minimum absolute atomic E-state index is 0.0781. The van der Waals surface area contributed by atoms with E-state index in [0.717, 1.165) is 12.1 Å². The molecule has 2 aromatic rings. The summed E-state index contributed by atoms with van der Waals surface area (Å²) in [6.45, 7) is 6.76. The second-order valence-electron chi connectivity index (χ2n) is 5.74. The van der Waals surface area contributed by atoms with E-state index in [1.165, 1.54) is 5.69 Å². The monoisotopic (exact) mass is 257 g/mol. The van der Waals surface area contributed by atoms with Gasteiger partial charge in [-0.2, -0.15) is 5.10 Å². The Labute approximate surface area is 115 Å². The predicted molar refractivity (Wildman–Crippen MR) is 79.7 cm³/mol. The van der Waals surface area contributed by atoms with Gasteiger partial charge in [0, 0.05) is 23.3 Å². The number of hydrogen-bond donors (Lipinski definition) is 1. The third kappa shape index (κ3) is 3.04. The van der Waals surface area contributed by atoms with Crippen LogP contribution in [-0.4, -0.2) is 22.9 Å². The van der Waals surface area contributed by atoms with E-state index >= 15 is 0 Å². The van der Waals surface area contributed by atoms with E-state index in [9.17, 15) is 0 Å². The second kappa shape index (κ2) is 5.57. The van der Waals surface area contributed by atoms with E-state index < -0.39 is 0 Å². The molecule has 1 heterocycles. The smallest absolute Gasteiger partial charge is 0.0649 e. The van der Waals surface area contributed by atoms with Crippen molar-refractivity contribution in [3.05, 3.63) is 48.3 Å². The highest BCUT2D eigenvalue weighted by Crippen LogP contribution is 2.29. The Morgan fingerprint density at radius 2 is 1.89 bits per heavy atom. The highest BCUT2D eigenvalue weighted by Gasteiger charge is 2.26. The lowest BCUT2D eigenvalue weighted by molar-refractivity contribution is 0.389. The van der Waals surface area contributed by atoms with Crippen LogP contribution in [0.1, 0.15) is 32.9 Å². The summed E-state index contributed by atoms with van der Waals surface area (Å²) in [7, 11) is 2.01. The maximum Gasteiger partial charge on any atom is 0.0649 e. The highest BCUT2D eigenvalue weighted by molar-refractivity contribution is 5.34. The fourth-order valence-electron chi connectivity index (χ4n) is 2.56. The molecular formula is C16H23N3. The van der Waals surface area contributed by atoms with E-state index in [2.05, 4.69) is 49.4 Å². The molecule has 1 aromatic heterocycles. The Balaban J connectivity index is 2.34. The molecule has 0 radical (unpaired) electrons. The summed E-state index contributed by atoms with van der Waals surface area (Å²) >= 11 is 0. The zero-order valence-corrected chi connectivity index (χ0v) is 12.2. The zero-order chi connectivity index (χ0) is 13.9. The van der Waals surface area contributed by atoms with Gasteiger partial charge < -0.3 is 5.32 Å². The summed E-state index contributed by atoms with van der Waals surface area (Å²) in [4.78, 5) is 0. The lowest BCUT2D eigenvalue weighted by Crippen LogP contribution is -2.32. The van der Waals surface area contributed by atoms with Crippen LogP contribution in [0.15, 0.2) is 42.6 Å². The predicted octanol–water partition coefficient (Wildman–Crippen LogP) is 3.15. The van der Waals surface area contributed by atoms with E-state index in [1.54, 1.807) is 0 Å². The normalized spacial score (nSPS) is 13.5. The number of nitrogens with one attached hydrogen (secondary N) is 1. The topological polar surface area (TPSA) is 29.9 Å². The van der Waals surface area contributed by atoms with Crippen molar-refractivity contribution in [1.29, 1.82) is 0 Å². The van der Waals surface area contributed by atoms with Crippen molar-refractivity contribution in [2.45, 2.75) is 38.6 Å². The van der Waals surface area contributed by atoms with Crippen LogP contribution in [0.3, 0.4) is 0 Å². The molecule has 19 heavy (non-hydrogen) atoms. The van der Waals surface area contributed by atoms with Gasteiger partial charge in [-0.15, -0.1) is 0 Å². The molecule has 0 saturated carbocycles. The van der Waals surface area contributed by atoms with Crippen LogP contribution >= 0.6 is 0 Å². The summed E-state index contributed by atoms with van der Waals surface area (Å²) in [6.07, 6.45) is 2.95. The van der Waals surface area contributed by atoms with Crippen molar-refractivity contribution in [2.24, 2.45) is 0 Å². The number of rotatable bonds is 5. The molecule has 2 rings (SSSR count). The molecule has 0 saturated heterocycles. The Bertz CT molecular complexity index is 514. The lowest BCUT2D eigenvalue weighted by atomic mass is 9.82. The van der Waals surface area contributed by atoms with Gasteiger partial charge in [-0.3, -0.25) is 0 Å². The maximum atomic E-state index is 4.48. The van der Waals surface area contributed by atoms with E-state index in [1.807, 2.05) is 36.1 Å². The minimum Gasteiger partial charge on any atom is -0.317 e. The number of aromatic nitrogens is 2. The first-order chi connectivity index (χ1) is 9.04. The van der Waals surface area contributed by atoms with Crippen LogP contribution in [0, 0.1) is 0 Å². The zero-order valence-electron chi connectivity index (χ0n) is 12.2. The molecule has 1 atom stereocenters. The summed E-state index contributed by atoms with van der Waals surface area (Å²) in [5.41, 5.74) is 2.45. The average Bonchev–Trinajstić information content (AvgIpc) is 2.89. The quantitative estimate of drug-likeness (QED) is 0.891. The van der Waals surface area contributed by atoms with Gasteiger partial charge in [-0.25, -0.2) is 4.68 Å².